The molecule has 168 valence electrons. The van der Waals surface area contributed by atoms with Crippen LogP contribution in [0.1, 0.15) is 24.1 Å². The highest BCUT2D eigenvalue weighted by Crippen LogP contribution is 2.21. The molecule has 0 aliphatic heterocycles. The molecule has 0 spiro atoms. The minimum atomic E-state index is -0.392. The van der Waals surface area contributed by atoms with E-state index < -0.39 is 5.97 Å². The maximum atomic E-state index is 11.1. The van der Waals surface area contributed by atoms with Crippen molar-refractivity contribution in [1.82, 2.24) is 10.2 Å². The average Bonchev–Trinajstić information content (AvgIpc) is 2.67. The Morgan fingerprint density at radius 3 is 2.37 bits per heavy atom. The van der Waals surface area contributed by atoms with Crippen molar-refractivity contribution < 1.29 is 14.3 Å². The largest absolute Gasteiger partial charge is 0.482 e. The van der Waals surface area contributed by atoms with Crippen LogP contribution in [0.5, 0.6) is 5.75 Å². The lowest BCUT2D eigenvalue weighted by Crippen LogP contribution is -2.36. The number of carbonyl (C=O) groups is 1. The summed E-state index contributed by atoms with van der Waals surface area (Å²) >= 11 is 6.15. The van der Waals surface area contributed by atoms with Gasteiger partial charge in [0.15, 0.2) is 6.61 Å². The Bertz CT molecular complexity index is 758. The zero-order chi connectivity index (χ0) is 20.5. The molecular formula is C22H31Cl3N2O3. The molecule has 0 saturated heterocycles. The number of carbonyl (C=O) groups excluding carboxylic acids is 1. The predicted octanol–water partition coefficient (Wildman–Crippen LogP) is 4.56. The van der Waals surface area contributed by atoms with Gasteiger partial charge in [-0.05, 0) is 62.8 Å². The van der Waals surface area contributed by atoms with Gasteiger partial charge in [-0.2, -0.15) is 0 Å². The fraction of sp³-hybridized carbons (Fsp3) is 0.409. The van der Waals surface area contributed by atoms with Crippen LogP contribution in [0.2, 0.25) is 5.02 Å². The van der Waals surface area contributed by atoms with Gasteiger partial charge >= 0.3 is 5.97 Å². The second kappa shape index (κ2) is 14.5. The quantitative estimate of drug-likeness (QED) is 0.508. The van der Waals surface area contributed by atoms with E-state index in [1.807, 2.05) is 42.5 Å². The van der Waals surface area contributed by atoms with E-state index in [4.69, 9.17) is 16.3 Å². The van der Waals surface area contributed by atoms with Gasteiger partial charge in [0.05, 0.1) is 7.11 Å². The number of nitrogens with zero attached hydrogens (tertiary/aromatic N) is 1. The van der Waals surface area contributed by atoms with Crippen LogP contribution in [0, 0.1) is 0 Å². The number of hydrogen-bond acceptors (Lipinski definition) is 5. The zero-order valence-electron chi connectivity index (χ0n) is 17.8. The standard InChI is InChI=1S/C22H29ClN2O3.2ClH/c1-16(12-17-8-10-20(11-9-17)28-15-22(26)27-4)24-14-21(25(2)3)18-6-5-7-19(23)13-18;;/h5-11,13,16,21,24H,12,14-15H2,1-4H3;2*1H. The summed E-state index contributed by atoms with van der Waals surface area (Å²) in [6.07, 6.45) is 0.896. The van der Waals surface area contributed by atoms with Crippen LogP contribution in [0.15, 0.2) is 48.5 Å². The second-order valence-corrected chi connectivity index (χ2v) is 7.49. The monoisotopic (exact) mass is 476 g/mol. The van der Waals surface area contributed by atoms with E-state index in [1.165, 1.54) is 18.2 Å². The van der Waals surface area contributed by atoms with Crippen LogP contribution in [0.25, 0.3) is 0 Å². The average molecular weight is 478 g/mol. The number of halogens is 3. The molecule has 0 aromatic heterocycles. The molecule has 0 saturated carbocycles. The highest BCUT2D eigenvalue weighted by molar-refractivity contribution is 6.30. The number of nitrogens with one attached hydrogen (secondary N) is 1. The smallest absolute Gasteiger partial charge is 0.343 e. The Balaban J connectivity index is 0.00000420. The van der Waals surface area contributed by atoms with E-state index in [2.05, 4.69) is 42.0 Å². The van der Waals surface area contributed by atoms with Crippen LogP contribution < -0.4 is 10.1 Å². The second-order valence-electron chi connectivity index (χ2n) is 7.06. The molecule has 5 nitrogen and oxygen atoms in total. The van der Waals surface area contributed by atoms with Crippen molar-refractivity contribution in [3.05, 3.63) is 64.7 Å². The summed E-state index contributed by atoms with van der Waals surface area (Å²) in [6, 6.07) is 16.4. The Hall–Kier alpha value is -1.50. The zero-order valence-corrected chi connectivity index (χ0v) is 20.2. The van der Waals surface area contributed by atoms with Crippen molar-refractivity contribution in [2.75, 3.05) is 34.4 Å². The van der Waals surface area contributed by atoms with Gasteiger partial charge in [0.25, 0.3) is 0 Å². The van der Waals surface area contributed by atoms with Gasteiger partial charge in [-0.3, -0.25) is 0 Å². The molecule has 0 radical (unpaired) electrons. The summed E-state index contributed by atoms with van der Waals surface area (Å²) in [5, 5.41) is 4.37. The third kappa shape index (κ3) is 9.54. The summed E-state index contributed by atoms with van der Waals surface area (Å²) in [7, 11) is 5.49. The van der Waals surface area contributed by atoms with Crippen LogP contribution in [0.4, 0.5) is 0 Å². The fourth-order valence-electron chi connectivity index (χ4n) is 2.97. The lowest BCUT2D eigenvalue weighted by molar-refractivity contribution is -0.142. The van der Waals surface area contributed by atoms with Gasteiger partial charge in [-0.1, -0.05) is 35.9 Å². The lowest BCUT2D eigenvalue weighted by Gasteiger charge is -2.27. The van der Waals surface area contributed by atoms with Crippen LogP contribution in [0.3, 0.4) is 0 Å². The summed E-state index contributed by atoms with van der Waals surface area (Å²) in [6.45, 7) is 2.92. The first-order chi connectivity index (χ1) is 13.4. The van der Waals surface area contributed by atoms with Crippen molar-refractivity contribution in [2.45, 2.75) is 25.4 Å². The fourth-order valence-corrected chi connectivity index (χ4v) is 3.17. The molecule has 0 bridgehead atoms. The molecule has 2 aromatic carbocycles. The SMILES string of the molecule is COC(=O)COc1ccc(CC(C)NCC(c2cccc(Cl)c2)N(C)C)cc1.Cl.Cl. The molecule has 1 N–H and O–H groups in total. The third-order valence-electron chi connectivity index (χ3n) is 4.57. The number of esters is 1. The molecule has 2 aromatic rings. The van der Waals surface area contributed by atoms with E-state index in [-0.39, 0.29) is 37.5 Å². The van der Waals surface area contributed by atoms with Gasteiger partial charge in [-0.25, -0.2) is 4.79 Å². The highest BCUT2D eigenvalue weighted by atomic mass is 35.5. The van der Waals surface area contributed by atoms with Crippen LogP contribution in [-0.4, -0.2) is 51.3 Å². The number of methoxy groups -OCH3 is 1. The Labute approximate surface area is 196 Å². The lowest BCUT2D eigenvalue weighted by atomic mass is 10.0. The highest BCUT2D eigenvalue weighted by Gasteiger charge is 2.15. The van der Waals surface area contributed by atoms with Gasteiger partial charge < -0.3 is 19.7 Å². The first-order valence-corrected chi connectivity index (χ1v) is 9.70. The van der Waals surface area contributed by atoms with Crippen molar-refractivity contribution in [2.24, 2.45) is 0 Å². The number of likely N-dealkylation sites (N-methyl/N-ethyl adjacent to an activating group) is 1. The number of ether oxygens (including phenoxy) is 2. The van der Waals surface area contributed by atoms with Crippen molar-refractivity contribution in [3.63, 3.8) is 0 Å². The van der Waals surface area contributed by atoms with E-state index in [1.54, 1.807) is 0 Å². The first-order valence-electron chi connectivity index (χ1n) is 9.33. The molecule has 0 aliphatic rings. The van der Waals surface area contributed by atoms with Crippen molar-refractivity contribution >= 4 is 42.4 Å². The Morgan fingerprint density at radius 1 is 1.13 bits per heavy atom. The van der Waals surface area contributed by atoms with Crippen LogP contribution in [-0.2, 0) is 16.0 Å². The molecule has 2 rings (SSSR count). The number of rotatable bonds is 10. The minimum Gasteiger partial charge on any atom is -0.482 e. The van der Waals surface area contributed by atoms with Crippen LogP contribution >= 0.6 is 36.4 Å². The van der Waals surface area contributed by atoms with Gasteiger partial charge in [0.1, 0.15) is 5.75 Å². The third-order valence-corrected chi connectivity index (χ3v) is 4.80. The van der Waals surface area contributed by atoms with E-state index in [0.717, 1.165) is 18.0 Å². The summed E-state index contributed by atoms with van der Waals surface area (Å²) < 4.78 is 9.94. The van der Waals surface area contributed by atoms with Crippen molar-refractivity contribution in [1.29, 1.82) is 0 Å². The Kier molecular flexibility index (Phi) is 13.8. The Morgan fingerprint density at radius 2 is 1.80 bits per heavy atom. The molecule has 2 atom stereocenters. The van der Waals surface area contributed by atoms with Crippen molar-refractivity contribution in [3.8, 4) is 5.75 Å². The number of hydrogen-bond donors (Lipinski definition) is 1. The van der Waals surface area contributed by atoms with E-state index in [0.29, 0.717) is 11.8 Å². The normalized spacial score (nSPS) is 12.3. The molecule has 0 fully saturated rings. The molecule has 8 heteroatoms. The summed E-state index contributed by atoms with van der Waals surface area (Å²) in [5.41, 5.74) is 2.40. The van der Waals surface area contributed by atoms with Gasteiger partial charge in [0.2, 0.25) is 0 Å². The topological polar surface area (TPSA) is 50.8 Å². The molecule has 0 amide bonds. The summed E-state index contributed by atoms with van der Waals surface area (Å²) in [5.74, 6) is 0.264. The maximum absolute atomic E-state index is 11.1. The molecule has 0 heterocycles. The predicted molar refractivity (Wildman–Crippen MR) is 127 cm³/mol. The molecule has 2 unspecified atom stereocenters. The first kappa shape index (κ1) is 28.5. The molecule has 30 heavy (non-hydrogen) atoms. The number of benzene rings is 2. The van der Waals surface area contributed by atoms with E-state index in [9.17, 15) is 4.79 Å². The maximum Gasteiger partial charge on any atom is 0.343 e. The van der Waals surface area contributed by atoms with E-state index >= 15 is 0 Å². The van der Waals surface area contributed by atoms with Gasteiger partial charge in [0, 0.05) is 23.7 Å². The molecule has 0 aliphatic carbocycles. The van der Waals surface area contributed by atoms with Gasteiger partial charge in [-0.15, -0.1) is 24.8 Å². The molecular weight excluding hydrogens is 447 g/mol. The minimum absolute atomic E-state index is 0. The summed E-state index contributed by atoms with van der Waals surface area (Å²) in [4.78, 5) is 13.3.